The third-order valence-electron chi connectivity index (χ3n) is 4.03. The SMILES string of the molecule is Cc1ccsc1C1CC1C(=O)N1CCN[C@H](C)C1. The topological polar surface area (TPSA) is 32.3 Å². The first-order chi connectivity index (χ1) is 8.66. The smallest absolute Gasteiger partial charge is 0.226 e. The summed E-state index contributed by atoms with van der Waals surface area (Å²) in [4.78, 5) is 15.9. The highest BCUT2D eigenvalue weighted by Crippen LogP contribution is 2.51. The molecular weight excluding hydrogens is 244 g/mol. The van der Waals surface area contributed by atoms with E-state index in [1.165, 1.54) is 10.4 Å². The van der Waals surface area contributed by atoms with Gasteiger partial charge in [0.05, 0.1) is 0 Å². The Morgan fingerprint density at radius 3 is 3.06 bits per heavy atom. The molecule has 3 nitrogen and oxygen atoms in total. The van der Waals surface area contributed by atoms with E-state index >= 15 is 0 Å². The Bertz CT molecular complexity index is 456. The van der Waals surface area contributed by atoms with E-state index < -0.39 is 0 Å². The maximum Gasteiger partial charge on any atom is 0.226 e. The van der Waals surface area contributed by atoms with Crippen molar-refractivity contribution in [3.63, 3.8) is 0 Å². The summed E-state index contributed by atoms with van der Waals surface area (Å²) >= 11 is 1.81. The van der Waals surface area contributed by atoms with Gasteiger partial charge in [0, 0.05) is 42.4 Å². The van der Waals surface area contributed by atoms with Crippen LogP contribution in [0.1, 0.15) is 29.7 Å². The highest BCUT2D eigenvalue weighted by atomic mass is 32.1. The van der Waals surface area contributed by atoms with E-state index in [0.29, 0.717) is 17.9 Å². The molecular formula is C14H20N2OS. The van der Waals surface area contributed by atoms with Crippen LogP contribution < -0.4 is 5.32 Å². The molecule has 0 radical (unpaired) electrons. The molecule has 3 atom stereocenters. The van der Waals surface area contributed by atoms with Gasteiger partial charge in [0.25, 0.3) is 0 Å². The number of piperazine rings is 1. The van der Waals surface area contributed by atoms with Gasteiger partial charge in [-0.3, -0.25) is 4.79 Å². The fraction of sp³-hybridized carbons (Fsp3) is 0.643. The molecule has 1 amide bonds. The van der Waals surface area contributed by atoms with E-state index in [2.05, 4.69) is 35.5 Å². The number of amides is 1. The Morgan fingerprint density at radius 2 is 2.39 bits per heavy atom. The lowest BCUT2D eigenvalue weighted by Gasteiger charge is -2.32. The summed E-state index contributed by atoms with van der Waals surface area (Å²) in [5.74, 6) is 1.14. The van der Waals surface area contributed by atoms with E-state index in [0.717, 1.165) is 26.1 Å². The molecule has 1 saturated heterocycles. The maximum atomic E-state index is 12.4. The fourth-order valence-electron chi connectivity index (χ4n) is 2.89. The van der Waals surface area contributed by atoms with E-state index in [1.54, 1.807) is 11.3 Å². The Hall–Kier alpha value is -0.870. The van der Waals surface area contributed by atoms with Crippen LogP contribution in [0.4, 0.5) is 0 Å². The highest BCUT2D eigenvalue weighted by molar-refractivity contribution is 7.10. The molecule has 1 aliphatic carbocycles. The molecule has 0 bridgehead atoms. The molecule has 0 aromatic carbocycles. The molecule has 3 rings (SSSR count). The molecule has 98 valence electrons. The van der Waals surface area contributed by atoms with Crippen molar-refractivity contribution in [3.8, 4) is 0 Å². The zero-order valence-corrected chi connectivity index (χ0v) is 11.8. The largest absolute Gasteiger partial charge is 0.340 e. The van der Waals surface area contributed by atoms with Gasteiger partial charge in [-0.15, -0.1) is 11.3 Å². The maximum absolute atomic E-state index is 12.4. The van der Waals surface area contributed by atoms with Gasteiger partial charge in [-0.2, -0.15) is 0 Å². The van der Waals surface area contributed by atoms with Gasteiger partial charge in [-0.05, 0) is 37.3 Å². The van der Waals surface area contributed by atoms with Crippen molar-refractivity contribution in [3.05, 3.63) is 21.9 Å². The molecule has 4 heteroatoms. The number of nitrogens with one attached hydrogen (secondary N) is 1. The average molecular weight is 264 g/mol. The van der Waals surface area contributed by atoms with E-state index in [-0.39, 0.29) is 5.92 Å². The van der Waals surface area contributed by atoms with E-state index in [1.807, 2.05) is 0 Å². The zero-order valence-electron chi connectivity index (χ0n) is 11.0. The second kappa shape index (κ2) is 4.67. The van der Waals surface area contributed by atoms with Gasteiger partial charge in [-0.25, -0.2) is 0 Å². The van der Waals surface area contributed by atoms with E-state index in [4.69, 9.17) is 0 Å². The number of carbonyl (C=O) groups is 1. The predicted octanol–water partition coefficient (Wildman–Crippen LogP) is 1.98. The lowest BCUT2D eigenvalue weighted by Crippen LogP contribution is -2.51. The number of aryl methyl sites for hydroxylation is 1. The minimum atomic E-state index is 0.257. The normalized spacial score (nSPS) is 31.4. The predicted molar refractivity (Wildman–Crippen MR) is 73.9 cm³/mol. The average Bonchev–Trinajstić information content (AvgIpc) is 3.04. The van der Waals surface area contributed by atoms with Crippen LogP contribution in [0.5, 0.6) is 0 Å². The fourth-order valence-corrected chi connectivity index (χ4v) is 4.00. The van der Waals surface area contributed by atoms with Gasteiger partial charge >= 0.3 is 0 Å². The minimum Gasteiger partial charge on any atom is -0.340 e. The van der Waals surface area contributed by atoms with Gasteiger partial charge in [0.15, 0.2) is 0 Å². The summed E-state index contributed by atoms with van der Waals surface area (Å²) in [6.45, 7) is 6.97. The Kier molecular flexibility index (Phi) is 3.16. The molecule has 1 aromatic heterocycles. The van der Waals surface area contributed by atoms with Crippen molar-refractivity contribution in [1.29, 1.82) is 0 Å². The van der Waals surface area contributed by atoms with Crippen LogP contribution in [-0.2, 0) is 4.79 Å². The molecule has 2 fully saturated rings. The Morgan fingerprint density at radius 1 is 1.56 bits per heavy atom. The number of nitrogens with zero attached hydrogens (tertiary/aromatic N) is 1. The third kappa shape index (κ3) is 2.19. The lowest BCUT2D eigenvalue weighted by atomic mass is 10.1. The van der Waals surface area contributed by atoms with Crippen molar-refractivity contribution in [2.75, 3.05) is 19.6 Å². The first kappa shape index (κ1) is 12.2. The van der Waals surface area contributed by atoms with Crippen molar-refractivity contribution in [2.24, 2.45) is 5.92 Å². The molecule has 1 N–H and O–H groups in total. The number of thiophene rings is 1. The lowest BCUT2D eigenvalue weighted by molar-refractivity contribution is -0.133. The summed E-state index contributed by atoms with van der Waals surface area (Å²) < 4.78 is 0. The van der Waals surface area contributed by atoms with Gasteiger partial charge in [-0.1, -0.05) is 0 Å². The third-order valence-corrected chi connectivity index (χ3v) is 5.18. The molecule has 2 heterocycles. The Labute approximate surface area is 112 Å². The van der Waals surface area contributed by atoms with E-state index in [9.17, 15) is 4.79 Å². The van der Waals surface area contributed by atoms with Crippen molar-refractivity contribution in [2.45, 2.75) is 32.2 Å². The summed E-state index contributed by atoms with van der Waals surface area (Å²) in [7, 11) is 0. The van der Waals surface area contributed by atoms with Crippen LogP contribution in [0.25, 0.3) is 0 Å². The highest BCUT2D eigenvalue weighted by Gasteiger charge is 2.47. The van der Waals surface area contributed by atoms with Crippen LogP contribution in [0.3, 0.4) is 0 Å². The first-order valence-corrected chi connectivity index (χ1v) is 7.61. The van der Waals surface area contributed by atoms with Gasteiger partial charge < -0.3 is 10.2 Å². The molecule has 1 aliphatic heterocycles. The molecule has 2 aliphatic rings. The molecule has 0 spiro atoms. The number of rotatable bonds is 2. The Balaban J connectivity index is 1.64. The second-order valence-electron chi connectivity index (χ2n) is 5.56. The van der Waals surface area contributed by atoms with Gasteiger partial charge in [0.2, 0.25) is 5.91 Å². The number of carbonyl (C=O) groups excluding carboxylic acids is 1. The number of hydrogen-bond acceptors (Lipinski definition) is 3. The minimum absolute atomic E-state index is 0.257. The van der Waals surface area contributed by atoms with Crippen LogP contribution >= 0.6 is 11.3 Å². The zero-order chi connectivity index (χ0) is 12.7. The number of hydrogen-bond donors (Lipinski definition) is 1. The molecule has 18 heavy (non-hydrogen) atoms. The van der Waals surface area contributed by atoms with Crippen molar-refractivity contribution >= 4 is 17.2 Å². The summed E-state index contributed by atoms with van der Waals surface area (Å²) in [6, 6.07) is 2.59. The van der Waals surface area contributed by atoms with Crippen molar-refractivity contribution in [1.82, 2.24) is 10.2 Å². The summed E-state index contributed by atoms with van der Waals surface area (Å²) in [5.41, 5.74) is 1.36. The standard InChI is InChI=1S/C14H20N2OS/c1-9-3-6-18-13(9)11-7-12(11)14(17)16-5-4-15-10(2)8-16/h3,6,10-12,15H,4-5,7-8H2,1-2H3/t10-,11?,12?/m1/s1. The molecule has 2 unspecified atom stereocenters. The quantitative estimate of drug-likeness (QED) is 0.886. The van der Waals surface area contributed by atoms with Crippen LogP contribution in [0, 0.1) is 12.8 Å². The summed E-state index contributed by atoms with van der Waals surface area (Å²) in [6.07, 6.45) is 1.05. The van der Waals surface area contributed by atoms with Gasteiger partial charge in [0.1, 0.15) is 0 Å². The first-order valence-electron chi connectivity index (χ1n) is 6.73. The van der Waals surface area contributed by atoms with Crippen molar-refractivity contribution < 1.29 is 4.79 Å². The molecule has 1 saturated carbocycles. The molecule has 1 aromatic rings. The summed E-state index contributed by atoms with van der Waals surface area (Å²) in [5, 5.41) is 5.52. The van der Waals surface area contributed by atoms with Crippen LogP contribution in [0.2, 0.25) is 0 Å². The van der Waals surface area contributed by atoms with Crippen LogP contribution in [-0.4, -0.2) is 36.5 Å². The second-order valence-corrected chi connectivity index (χ2v) is 6.50. The monoisotopic (exact) mass is 264 g/mol. The van der Waals surface area contributed by atoms with Crippen LogP contribution in [0.15, 0.2) is 11.4 Å².